The molecule has 2 saturated heterocycles. The first-order chi connectivity index (χ1) is 7.66. The highest BCUT2D eigenvalue weighted by atomic mass is 16.6. The van der Waals surface area contributed by atoms with Crippen molar-refractivity contribution in [1.82, 2.24) is 10.2 Å². The van der Waals surface area contributed by atoms with Gasteiger partial charge in [0.1, 0.15) is 0 Å². The number of hydrogen-bond acceptors (Lipinski definition) is 4. The molecule has 0 aliphatic carbocycles. The van der Waals surface area contributed by atoms with Gasteiger partial charge in [-0.05, 0) is 25.5 Å². The number of rotatable bonds is 0. The highest BCUT2D eigenvalue weighted by Crippen LogP contribution is 2.22. The summed E-state index contributed by atoms with van der Waals surface area (Å²) in [6.07, 6.45) is 0.940. The van der Waals surface area contributed by atoms with E-state index in [1.165, 1.54) is 0 Å². The maximum absolute atomic E-state index is 11.2. The summed E-state index contributed by atoms with van der Waals surface area (Å²) in [7, 11) is 2.03. The Morgan fingerprint density at radius 1 is 1.19 bits per heavy atom. The standard InChI is InChI=1S/C9H12N2O3.C2H6/c1-11-4-2-6(3-5-11)7-8(12)10-9(13)14-7;1-2/h2-5H2,1H3,(H,10,12,13);1-2H3. The van der Waals surface area contributed by atoms with Gasteiger partial charge in [-0.2, -0.15) is 0 Å². The third-order valence-corrected chi connectivity index (χ3v) is 2.53. The predicted molar refractivity (Wildman–Crippen MR) is 59.7 cm³/mol. The molecule has 0 aromatic carbocycles. The molecule has 16 heavy (non-hydrogen) atoms. The molecule has 0 radical (unpaired) electrons. The number of carbonyl (C=O) groups excluding carboxylic acids is 2. The summed E-state index contributed by atoms with van der Waals surface area (Å²) in [5.41, 5.74) is 0.950. The minimum Gasteiger partial charge on any atom is -0.404 e. The van der Waals surface area contributed by atoms with Crippen molar-refractivity contribution in [3.8, 4) is 0 Å². The summed E-state index contributed by atoms with van der Waals surface area (Å²) in [4.78, 5) is 24.2. The third kappa shape index (κ3) is 2.82. The fraction of sp³-hybridized carbons (Fsp3) is 0.636. The second kappa shape index (κ2) is 5.65. The molecule has 0 unspecified atom stereocenters. The van der Waals surface area contributed by atoms with Crippen LogP contribution >= 0.6 is 0 Å². The predicted octanol–water partition coefficient (Wildman–Crippen LogP) is 1.26. The van der Waals surface area contributed by atoms with Crippen LogP contribution in [0.4, 0.5) is 4.79 Å². The van der Waals surface area contributed by atoms with Gasteiger partial charge in [0, 0.05) is 13.1 Å². The molecule has 2 aliphatic heterocycles. The number of likely N-dealkylation sites (tertiary alicyclic amines) is 1. The number of amides is 2. The SMILES string of the molecule is CC.CN1CCC(=C2OC(=O)NC2=O)CC1. The van der Waals surface area contributed by atoms with Gasteiger partial charge in [-0.25, -0.2) is 4.79 Å². The molecule has 2 amide bonds. The van der Waals surface area contributed by atoms with Crippen LogP contribution in [0.5, 0.6) is 0 Å². The van der Waals surface area contributed by atoms with Gasteiger partial charge in [-0.15, -0.1) is 0 Å². The molecular formula is C11H18N2O3. The van der Waals surface area contributed by atoms with Crippen molar-refractivity contribution in [2.24, 2.45) is 0 Å². The molecule has 1 N–H and O–H groups in total. The summed E-state index contributed by atoms with van der Waals surface area (Å²) >= 11 is 0. The van der Waals surface area contributed by atoms with Gasteiger partial charge < -0.3 is 9.64 Å². The topological polar surface area (TPSA) is 58.6 Å². The van der Waals surface area contributed by atoms with Gasteiger partial charge in [0.25, 0.3) is 5.91 Å². The quantitative estimate of drug-likeness (QED) is 0.632. The van der Waals surface area contributed by atoms with Crippen molar-refractivity contribution in [2.75, 3.05) is 20.1 Å². The number of hydrogen-bond donors (Lipinski definition) is 1. The van der Waals surface area contributed by atoms with E-state index >= 15 is 0 Å². The molecule has 90 valence electrons. The first-order valence-electron chi connectivity index (χ1n) is 5.60. The van der Waals surface area contributed by atoms with Crippen LogP contribution in [0, 0.1) is 0 Å². The van der Waals surface area contributed by atoms with Crippen LogP contribution in [-0.4, -0.2) is 37.0 Å². The Morgan fingerprint density at radius 2 is 1.75 bits per heavy atom. The summed E-state index contributed by atoms with van der Waals surface area (Å²) < 4.78 is 4.81. The Labute approximate surface area is 95.4 Å². The van der Waals surface area contributed by atoms with E-state index in [2.05, 4.69) is 10.2 Å². The van der Waals surface area contributed by atoms with Crippen molar-refractivity contribution in [3.63, 3.8) is 0 Å². The smallest absolute Gasteiger partial charge is 0.404 e. The van der Waals surface area contributed by atoms with Crippen molar-refractivity contribution < 1.29 is 14.3 Å². The van der Waals surface area contributed by atoms with Crippen LogP contribution in [-0.2, 0) is 9.53 Å². The zero-order chi connectivity index (χ0) is 12.1. The van der Waals surface area contributed by atoms with E-state index < -0.39 is 12.0 Å². The average molecular weight is 226 g/mol. The molecule has 2 rings (SSSR count). The Hall–Kier alpha value is -1.36. The Morgan fingerprint density at radius 3 is 2.19 bits per heavy atom. The molecule has 0 bridgehead atoms. The van der Waals surface area contributed by atoms with Crippen LogP contribution < -0.4 is 5.32 Å². The molecule has 5 heteroatoms. The van der Waals surface area contributed by atoms with Gasteiger partial charge in [-0.1, -0.05) is 13.8 Å². The minimum atomic E-state index is -0.656. The lowest BCUT2D eigenvalue weighted by Gasteiger charge is -2.24. The van der Waals surface area contributed by atoms with E-state index in [1.54, 1.807) is 0 Å². The summed E-state index contributed by atoms with van der Waals surface area (Å²) in [5.74, 6) is -0.169. The number of nitrogens with zero attached hydrogens (tertiary/aromatic N) is 1. The van der Waals surface area contributed by atoms with Crippen LogP contribution in [0.1, 0.15) is 26.7 Å². The van der Waals surface area contributed by atoms with E-state index in [1.807, 2.05) is 20.9 Å². The summed E-state index contributed by atoms with van der Waals surface area (Å²) in [6.45, 7) is 5.81. The molecule has 2 fully saturated rings. The fourth-order valence-corrected chi connectivity index (χ4v) is 1.66. The van der Waals surface area contributed by atoms with E-state index in [0.29, 0.717) is 0 Å². The van der Waals surface area contributed by atoms with Crippen LogP contribution in [0.3, 0.4) is 0 Å². The number of ether oxygens (including phenoxy) is 1. The second-order valence-corrected chi connectivity index (χ2v) is 3.58. The van der Waals surface area contributed by atoms with E-state index in [0.717, 1.165) is 31.5 Å². The minimum absolute atomic E-state index is 0.225. The molecule has 5 nitrogen and oxygen atoms in total. The van der Waals surface area contributed by atoms with Gasteiger partial charge >= 0.3 is 6.09 Å². The zero-order valence-electron chi connectivity index (χ0n) is 10.0. The van der Waals surface area contributed by atoms with E-state index in [-0.39, 0.29) is 5.76 Å². The van der Waals surface area contributed by atoms with Gasteiger partial charge in [-0.3, -0.25) is 10.1 Å². The highest BCUT2D eigenvalue weighted by molar-refractivity contribution is 6.07. The molecule has 0 aromatic rings. The number of imide groups is 1. The molecular weight excluding hydrogens is 208 g/mol. The fourth-order valence-electron chi connectivity index (χ4n) is 1.66. The van der Waals surface area contributed by atoms with E-state index in [4.69, 9.17) is 4.74 Å². The van der Waals surface area contributed by atoms with Gasteiger partial charge in [0.2, 0.25) is 0 Å². The molecule has 0 aromatic heterocycles. The molecule has 2 aliphatic rings. The summed E-state index contributed by atoms with van der Waals surface area (Å²) in [5, 5.41) is 2.10. The lowest BCUT2D eigenvalue weighted by Crippen LogP contribution is -2.27. The third-order valence-electron chi connectivity index (χ3n) is 2.53. The van der Waals surface area contributed by atoms with Crippen molar-refractivity contribution in [3.05, 3.63) is 11.3 Å². The van der Waals surface area contributed by atoms with Crippen LogP contribution in [0.2, 0.25) is 0 Å². The number of carbonyl (C=O) groups is 2. The number of cyclic esters (lactones) is 1. The Kier molecular flexibility index (Phi) is 4.49. The normalized spacial score (nSPS) is 21.2. The Bertz CT molecular complexity index is 313. The number of piperidine rings is 1. The molecule has 0 spiro atoms. The van der Waals surface area contributed by atoms with Crippen molar-refractivity contribution in [1.29, 1.82) is 0 Å². The second-order valence-electron chi connectivity index (χ2n) is 3.58. The zero-order valence-corrected chi connectivity index (χ0v) is 10.0. The van der Waals surface area contributed by atoms with Gasteiger partial charge in [0.05, 0.1) is 0 Å². The van der Waals surface area contributed by atoms with Crippen LogP contribution in [0.25, 0.3) is 0 Å². The first-order valence-corrected chi connectivity index (χ1v) is 5.60. The Balaban J connectivity index is 0.000000606. The number of alkyl carbamates (subject to hydrolysis) is 1. The maximum Gasteiger partial charge on any atom is 0.419 e. The lowest BCUT2D eigenvalue weighted by molar-refractivity contribution is -0.116. The molecule has 0 atom stereocenters. The van der Waals surface area contributed by atoms with Crippen LogP contribution in [0.15, 0.2) is 11.3 Å². The van der Waals surface area contributed by atoms with Gasteiger partial charge in [0.15, 0.2) is 5.76 Å². The van der Waals surface area contributed by atoms with Crippen molar-refractivity contribution >= 4 is 12.0 Å². The molecule has 2 heterocycles. The first kappa shape index (κ1) is 12.7. The number of nitrogens with one attached hydrogen (secondary N) is 1. The monoisotopic (exact) mass is 226 g/mol. The summed E-state index contributed by atoms with van der Waals surface area (Å²) in [6, 6.07) is 0. The molecule has 0 saturated carbocycles. The average Bonchev–Trinajstić information content (AvgIpc) is 2.62. The largest absolute Gasteiger partial charge is 0.419 e. The highest BCUT2D eigenvalue weighted by Gasteiger charge is 2.30. The van der Waals surface area contributed by atoms with E-state index in [9.17, 15) is 9.59 Å². The maximum atomic E-state index is 11.2. The lowest BCUT2D eigenvalue weighted by atomic mass is 10.0. The van der Waals surface area contributed by atoms with Crippen molar-refractivity contribution in [2.45, 2.75) is 26.7 Å².